The van der Waals surface area contributed by atoms with Crippen LogP contribution in [0.5, 0.6) is 11.5 Å². The maximum absolute atomic E-state index is 12.8. The molecule has 0 aliphatic rings. The van der Waals surface area contributed by atoms with Crippen LogP contribution in [0.4, 0.5) is 10.5 Å². The summed E-state index contributed by atoms with van der Waals surface area (Å²) in [6.07, 6.45) is 2.07. The lowest BCUT2D eigenvalue weighted by molar-refractivity contribution is -0.137. The highest BCUT2D eigenvalue weighted by Crippen LogP contribution is 2.33. The van der Waals surface area contributed by atoms with E-state index in [0.29, 0.717) is 23.8 Å². The molecule has 2 aromatic carbocycles. The molecule has 0 bridgehead atoms. The highest BCUT2D eigenvalue weighted by atomic mass is 16.6. The fourth-order valence-corrected chi connectivity index (χ4v) is 3.45. The van der Waals surface area contributed by atoms with Crippen LogP contribution in [0.3, 0.4) is 0 Å². The minimum Gasteiger partial charge on any atom is -0.497 e. The van der Waals surface area contributed by atoms with Crippen LogP contribution in [0.25, 0.3) is 0 Å². The van der Waals surface area contributed by atoms with Gasteiger partial charge in [-0.1, -0.05) is 30.7 Å². The number of hydrogen-bond acceptors (Lipinski definition) is 7. The number of allylic oxidation sites excluding steroid dienone is 2. The fraction of sp³-hybridized carbons (Fsp3) is 0.357. The second kappa shape index (κ2) is 14.6. The third kappa shape index (κ3) is 9.11. The zero-order valence-corrected chi connectivity index (χ0v) is 21.4. The Hall–Kier alpha value is -3.78. The zero-order valence-electron chi connectivity index (χ0n) is 21.4. The van der Waals surface area contributed by atoms with Crippen LogP contribution < -0.4 is 14.8 Å². The van der Waals surface area contributed by atoms with Crippen LogP contribution in [0, 0.1) is 5.92 Å². The van der Waals surface area contributed by atoms with E-state index in [0.717, 1.165) is 16.7 Å². The van der Waals surface area contributed by atoms with Crippen molar-refractivity contribution >= 4 is 17.7 Å². The van der Waals surface area contributed by atoms with E-state index in [4.69, 9.17) is 24.1 Å². The molecule has 0 saturated carbocycles. The molecule has 194 valence electrons. The minimum atomic E-state index is -0.623. The molecule has 2 atom stereocenters. The summed E-state index contributed by atoms with van der Waals surface area (Å²) in [6.45, 7) is 7.84. The minimum absolute atomic E-state index is 0.0846. The van der Waals surface area contributed by atoms with Gasteiger partial charge in [-0.25, -0.2) is 9.59 Å². The smallest absolute Gasteiger partial charge is 0.412 e. The molecule has 36 heavy (non-hydrogen) atoms. The first-order valence-electron chi connectivity index (χ1n) is 11.8. The maximum Gasteiger partial charge on any atom is 0.412 e. The van der Waals surface area contributed by atoms with Crippen molar-refractivity contribution in [3.63, 3.8) is 0 Å². The van der Waals surface area contributed by atoms with Crippen LogP contribution in [0.1, 0.15) is 39.4 Å². The molecule has 8 nitrogen and oxygen atoms in total. The predicted octanol–water partition coefficient (Wildman–Crippen LogP) is 5.45. The number of anilines is 1. The summed E-state index contributed by atoms with van der Waals surface area (Å²) in [4.78, 5) is 24.6. The summed E-state index contributed by atoms with van der Waals surface area (Å²) in [5.41, 5.74) is 2.98. The summed E-state index contributed by atoms with van der Waals surface area (Å²) in [5.74, 6) is 0.650. The molecule has 1 amide bonds. The third-order valence-corrected chi connectivity index (χ3v) is 5.40. The first-order chi connectivity index (χ1) is 17.3. The maximum atomic E-state index is 12.8. The van der Waals surface area contributed by atoms with Gasteiger partial charge in [0.05, 0.1) is 20.3 Å². The number of amides is 1. The van der Waals surface area contributed by atoms with Crippen molar-refractivity contribution in [3.05, 3.63) is 77.4 Å². The van der Waals surface area contributed by atoms with Crippen LogP contribution in [0.15, 0.2) is 71.8 Å². The van der Waals surface area contributed by atoms with E-state index >= 15 is 0 Å². The molecule has 0 saturated heterocycles. The quantitative estimate of drug-likeness (QED) is 0.228. The Morgan fingerprint density at radius 1 is 1.00 bits per heavy atom. The number of carbonyl (C=O) groups excluding carboxylic acids is 2. The number of nitrogens with one attached hydrogen (secondary N) is 1. The van der Waals surface area contributed by atoms with E-state index in [1.807, 2.05) is 39.0 Å². The number of aliphatic hydroxyl groups excluding tert-OH is 1. The molecule has 0 aliphatic heterocycles. The van der Waals surface area contributed by atoms with Crippen molar-refractivity contribution in [2.75, 3.05) is 32.2 Å². The monoisotopic (exact) mass is 497 g/mol. The van der Waals surface area contributed by atoms with Gasteiger partial charge in [-0.15, -0.1) is 0 Å². The number of rotatable bonds is 12. The Kier molecular flexibility index (Phi) is 11.5. The van der Waals surface area contributed by atoms with E-state index in [1.54, 1.807) is 50.4 Å². The van der Waals surface area contributed by atoms with Gasteiger partial charge >= 0.3 is 12.1 Å². The molecular formula is C28H35NO7. The normalized spacial score (nSPS) is 13.4. The van der Waals surface area contributed by atoms with Gasteiger partial charge in [0.15, 0.2) is 0 Å². The number of hydrogen-bond donors (Lipinski definition) is 2. The van der Waals surface area contributed by atoms with Crippen LogP contribution in [-0.4, -0.2) is 44.1 Å². The van der Waals surface area contributed by atoms with Gasteiger partial charge in [0, 0.05) is 17.7 Å². The third-order valence-electron chi connectivity index (χ3n) is 5.40. The molecule has 0 spiro atoms. The molecule has 2 aromatic rings. The Balaban J connectivity index is 2.26. The molecule has 0 aromatic heterocycles. The predicted molar refractivity (Wildman–Crippen MR) is 138 cm³/mol. The van der Waals surface area contributed by atoms with E-state index in [-0.39, 0.29) is 19.1 Å². The van der Waals surface area contributed by atoms with Crippen LogP contribution in [0.2, 0.25) is 0 Å². The zero-order chi connectivity index (χ0) is 26.5. The summed E-state index contributed by atoms with van der Waals surface area (Å²) in [7, 11) is 1.57. The number of carbonyl (C=O) groups is 2. The fourth-order valence-electron chi connectivity index (χ4n) is 3.45. The van der Waals surface area contributed by atoms with Crippen molar-refractivity contribution in [3.8, 4) is 11.5 Å². The van der Waals surface area contributed by atoms with Crippen molar-refractivity contribution < 1.29 is 33.6 Å². The van der Waals surface area contributed by atoms with Crippen LogP contribution >= 0.6 is 0 Å². The van der Waals surface area contributed by atoms with E-state index < -0.39 is 18.2 Å². The number of esters is 1. The summed E-state index contributed by atoms with van der Waals surface area (Å²) in [5, 5.41) is 11.7. The lowest BCUT2D eigenvalue weighted by Crippen LogP contribution is -2.22. The summed E-state index contributed by atoms with van der Waals surface area (Å²) < 4.78 is 21.5. The molecule has 0 heterocycles. The lowest BCUT2D eigenvalue weighted by Gasteiger charge is -2.26. The van der Waals surface area contributed by atoms with Gasteiger partial charge in [-0.3, -0.25) is 5.32 Å². The molecule has 2 N–H and O–H groups in total. The van der Waals surface area contributed by atoms with Gasteiger partial charge in [0.2, 0.25) is 0 Å². The van der Waals surface area contributed by atoms with Gasteiger partial charge in [0.1, 0.15) is 24.2 Å². The molecular weight excluding hydrogens is 462 g/mol. The van der Waals surface area contributed by atoms with Crippen molar-refractivity contribution in [1.29, 1.82) is 0 Å². The Labute approximate surface area is 212 Å². The molecule has 0 aliphatic carbocycles. The standard InChI is InChI=1S/C28H35NO7/c1-6-34-26(31)18-19(2)17-20(3)21(4)27(22-7-11-25(12-8-22)35-16-15-30)36-28(32)29-23-9-13-24(33-5)14-10-23/h7-14,17-18,21,27,30H,6,15-16H2,1-5H3,(H,29,32)/b19-18+,20-17+/t21-,27+/m0/s1. The number of aliphatic hydroxyl groups is 1. The topological polar surface area (TPSA) is 103 Å². The van der Waals surface area contributed by atoms with Gasteiger partial charge in [-0.2, -0.15) is 0 Å². The highest BCUT2D eigenvalue weighted by Gasteiger charge is 2.25. The molecule has 2 rings (SSSR count). The molecule has 8 heteroatoms. The van der Waals surface area contributed by atoms with E-state index in [2.05, 4.69) is 5.32 Å². The van der Waals surface area contributed by atoms with E-state index in [9.17, 15) is 9.59 Å². The van der Waals surface area contributed by atoms with Gasteiger partial charge in [0.25, 0.3) is 0 Å². The van der Waals surface area contributed by atoms with Gasteiger partial charge < -0.3 is 24.1 Å². The first kappa shape index (κ1) is 28.5. The van der Waals surface area contributed by atoms with Gasteiger partial charge in [-0.05, 0) is 68.3 Å². The van der Waals surface area contributed by atoms with Crippen molar-refractivity contribution in [1.82, 2.24) is 0 Å². The number of ether oxygens (including phenoxy) is 4. The highest BCUT2D eigenvalue weighted by molar-refractivity contribution is 5.85. The number of benzene rings is 2. The molecule has 0 radical (unpaired) electrons. The average Bonchev–Trinajstić information content (AvgIpc) is 2.86. The van der Waals surface area contributed by atoms with E-state index in [1.165, 1.54) is 6.08 Å². The van der Waals surface area contributed by atoms with Crippen LogP contribution in [-0.2, 0) is 14.3 Å². The summed E-state index contributed by atoms with van der Waals surface area (Å²) in [6, 6.07) is 14.1. The van der Waals surface area contributed by atoms with Crippen molar-refractivity contribution in [2.45, 2.75) is 33.8 Å². The first-order valence-corrected chi connectivity index (χ1v) is 11.8. The number of methoxy groups -OCH3 is 1. The second-order valence-electron chi connectivity index (χ2n) is 8.14. The Morgan fingerprint density at radius 2 is 1.64 bits per heavy atom. The Morgan fingerprint density at radius 3 is 2.22 bits per heavy atom. The van der Waals surface area contributed by atoms with Crippen molar-refractivity contribution in [2.24, 2.45) is 5.92 Å². The largest absolute Gasteiger partial charge is 0.497 e. The second-order valence-corrected chi connectivity index (χ2v) is 8.14. The Bertz CT molecular complexity index is 1040. The SMILES string of the molecule is CCOC(=O)/C=C(C)/C=C(\C)[C@H](C)[C@@H](OC(=O)Nc1ccc(OC)cc1)c1ccc(OCCO)cc1. The molecule has 0 fully saturated rings. The summed E-state index contributed by atoms with van der Waals surface area (Å²) >= 11 is 0. The molecule has 0 unspecified atom stereocenters. The average molecular weight is 498 g/mol. The lowest BCUT2D eigenvalue weighted by atomic mass is 9.90.